The number of carboxylic acid groups (broad SMARTS) is 1. The predicted molar refractivity (Wildman–Crippen MR) is 57.5 cm³/mol. The van der Waals surface area contributed by atoms with Crippen molar-refractivity contribution in [2.24, 2.45) is 0 Å². The van der Waals surface area contributed by atoms with Gasteiger partial charge in [0.05, 0.1) is 0 Å². The molecule has 0 aliphatic heterocycles. The highest BCUT2D eigenvalue weighted by Gasteiger charge is 2.40. The molecule has 1 aromatic carbocycles. The van der Waals surface area contributed by atoms with Crippen molar-refractivity contribution in [1.82, 2.24) is 5.32 Å². The van der Waals surface area contributed by atoms with Crippen LogP contribution in [0.25, 0.3) is 0 Å². The van der Waals surface area contributed by atoms with Gasteiger partial charge in [-0.2, -0.15) is 0 Å². The van der Waals surface area contributed by atoms with Gasteiger partial charge < -0.3 is 5.11 Å². The maximum Gasteiger partial charge on any atom is 0.328 e. The van der Waals surface area contributed by atoms with Crippen molar-refractivity contribution >= 4 is 5.97 Å². The van der Waals surface area contributed by atoms with E-state index in [-0.39, 0.29) is 6.04 Å². The Morgan fingerprint density at radius 3 is 2.75 bits per heavy atom. The van der Waals surface area contributed by atoms with Crippen LogP contribution in [0.1, 0.15) is 25.3 Å². The van der Waals surface area contributed by atoms with E-state index in [2.05, 4.69) is 5.32 Å². The molecule has 1 fully saturated rings. The van der Waals surface area contributed by atoms with Gasteiger partial charge >= 0.3 is 5.97 Å². The van der Waals surface area contributed by atoms with Gasteiger partial charge in [0.1, 0.15) is 11.4 Å². The Balaban J connectivity index is 2.33. The molecule has 0 bridgehead atoms. The first kappa shape index (κ1) is 11.1. The molecule has 0 radical (unpaired) electrons. The van der Waals surface area contributed by atoms with Crippen LogP contribution < -0.4 is 5.32 Å². The fraction of sp³-hybridized carbons (Fsp3) is 0.417. The molecule has 3 nitrogen and oxygen atoms in total. The smallest absolute Gasteiger partial charge is 0.328 e. The zero-order chi connectivity index (χ0) is 11.8. The van der Waals surface area contributed by atoms with Crippen LogP contribution in [-0.2, 0) is 10.3 Å². The molecular formula is C12H14FNO2. The second kappa shape index (κ2) is 3.87. The minimum atomic E-state index is -1.21. The lowest BCUT2D eigenvalue weighted by Gasteiger charge is -2.27. The van der Waals surface area contributed by atoms with Crippen molar-refractivity contribution in [1.29, 1.82) is 0 Å². The van der Waals surface area contributed by atoms with Gasteiger partial charge in [0.2, 0.25) is 0 Å². The number of hydrogen-bond donors (Lipinski definition) is 2. The van der Waals surface area contributed by atoms with Gasteiger partial charge in [-0.15, -0.1) is 0 Å². The first-order chi connectivity index (χ1) is 7.52. The van der Waals surface area contributed by atoms with Gasteiger partial charge in [0, 0.05) is 6.04 Å². The van der Waals surface area contributed by atoms with E-state index >= 15 is 0 Å². The summed E-state index contributed by atoms with van der Waals surface area (Å²) in [5, 5.41) is 12.3. The molecule has 0 spiro atoms. The lowest BCUT2D eigenvalue weighted by atomic mass is 9.92. The zero-order valence-corrected chi connectivity index (χ0v) is 9.03. The van der Waals surface area contributed by atoms with E-state index in [0.717, 1.165) is 12.8 Å². The summed E-state index contributed by atoms with van der Waals surface area (Å²) in [4.78, 5) is 11.3. The molecule has 16 heavy (non-hydrogen) atoms. The van der Waals surface area contributed by atoms with Gasteiger partial charge in [-0.3, -0.25) is 5.32 Å². The summed E-state index contributed by atoms with van der Waals surface area (Å²) in [6, 6.07) is 5.98. The molecule has 1 saturated carbocycles. The molecule has 4 heteroatoms. The number of rotatable bonds is 4. The van der Waals surface area contributed by atoms with Crippen LogP contribution in [0, 0.1) is 5.82 Å². The van der Waals surface area contributed by atoms with Gasteiger partial charge in [-0.1, -0.05) is 12.1 Å². The highest BCUT2D eigenvalue weighted by Crippen LogP contribution is 2.29. The van der Waals surface area contributed by atoms with E-state index in [0.29, 0.717) is 5.56 Å². The zero-order valence-electron chi connectivity index (χ0n) is 9.03. The number of aliphatic carboxylic acids is 1. The average molecular weight is 223 g/mol. The van der Waals surface area contributed by atoms with Crippen molar-refractivity contribution in [3.63, 3.8) is 0 Å². The molecule has 1 atom stereocenters. The summed E-state index contributed by atoms with van der Waals surface area (Å²) >= 11 is 0. The van der Waals surface area contributed by atoms with E-state index in [1.807, 2.05) is 0 Å². The van der Waals surface area contributed by atoms with E-state index in [1.54, 1.807) is 13.0 Å². The number of benzene rings is 1. The molecule has 0 aromatic heterocycles. The van der Waals surface area contributed by atoms with Crippen LogP contribution in [0.5, 0.6) is 0 Å². The Labute approximate surface area is 93.3 Å². The normalized spacial score (nSPS) is 19.1. The van der Waals surface area contributed by atoms with E-state index in [1.165, 1.54) is 18.2 Å². The van der Waals surface area contributed by atoms with Crippen molar-refractivity contribution < 1.29 is 14.3 Å². The highest BCUT2D eigenvalue weighted by atomic mass is 19.1. The molecular weight excluding hydrogens is 209 g/mol. The van der Waals surface area contributed by atoms with Gasteiger partial charge in [-0.05, 0) is 37.5 Å². The summed E-state index contributed by atoms with van der Waals surface area (Å²) < 4.78 is 13.1. The van der Waals surface area contributed by atoms with E-state index in [4.69, 9.17) is 0 Å². The largest absolute Gasteiger partial charge is 0.480 e. The van der Waals surface area contributed by atoms with Crippen molar-refractivity contribution in [3.8, 4) is 0 Å². The monoisotopic (exact) mass is 223 g/mol. The van der Waals surface area contributed by atoms with E-state index in [9.17, 15) is 14.3 Å². The Kier molecular flexibility index (Phi) is 2.68. The fourth-order valence-corrected chi connectivity index (χ4v) is 1.70. The number of nitrogens with one attached hydrogen (secondary N) is 1. The summed E-state index contributed by atoms with van der Waals surface area (Å²) in [5.74, 6) is -1.40. The van der Waals surface area contributed by atoms with Crippen molar-refractivity contribution in [2.45, 2.75) is 31.3 Å². The molecule has 86 valence electrons. The number of hydrogen-bond acceptors (Lipinski definition) is 2. The molecule has 1 aromatic rings. The quantitative estimate of drug-likeness (QED) is 0.819. The predicted octanol–water partition coefficient (Wildman–Crippen LogP) is 1.88. The van der Waals surface area contributed by atoms with Crippen LogP contribution >= 0.6 is 0 Å². The van der Waals surface area contributed by atoms with Crippen molar-refractivity contribution in [3.05, 3.63) is 35.6 Å². The first-order valence-electron chi connectivity index (χ1n) is 5.29. The third-order valence-corrected chi connectivity index (χ3v) is 2.90. The Morgan fingerprint density at radius 2 is 2.25 bits per heavy atom. The number of carboxylic acids is 1. The van der Waals surface area contributed by atoms with Gasteiger partial charge in [0.25, 0.3) is 0 Å². The number of carbonyl (C=O) groups is 1. The molecule has 2 N–H and O–H groups in total. The summed E-state index contributed by atoms with van der Waals surface area (Å²) in [5.41, 5.74) is -0.754. The lowest BCUT2D eigenvalue weighted by Crippen LogP contribution is -2.47. The standard InChI is InChI=1S/C12H14FNO2/c1-12(11(15)16,14-10-5-6-10)8-3-2-4-9(13)7-8/h2-4,7,10,14H,5-6H2,1H3,(H,15,16). The van der Waals surface area contributed by atoms with Gasteiger partial charge in [-0.25, -0.2) is 9.18 Å². The molecule has 1 unspecified atom stereocenters. The molecule has 0 heterocycles. The van der Waals surface area contributed by atoms with Crippen LogP contribution in [0.2, 0.25) is 0 Å². The Morgan fingerprint density at radius 1 is 1.56 bits per heavy atom. The number of halogens is 1. The van der Waals surface area contributed by atoms with Crippen LogP contribution in [0.3, 0.4) is 0 Å². The molecule has 1 aliphatic carbocycles. The SMILES string of the molecule is CC(NC1CC1)(C(=O)O)c1cccc(F)c1. The maximum absolute atomic E-state index is 13.1. The average Bonchev–Trinajstić information content (AvgIpc) is 3.01. The summed E-state index contributed by atoms with van der Waals surface area (Å²) in [6.45, 7) is 1.57. The van der Waals surface area contributed by atoms with E-state index < -0.39 is 17.3 Å². The highest BCUT2D eigenvalue weighted by molar-refractivity contribution is 5.80. The third-order valence-electron chi connectivity index (χ3n) is 2.90. The second-order valence-electron chi connectivity index (χ2n) is 4.36. The lowest BCUT2D eigenvalue weighted by molar-refractivity contribution is -0.144. The topological polar surface area (TPSA) is 49.3 Å². The summed E-state index contributed by atoms with van der Waals surface area (Å²) in [7, 11) is 0. The van der Waals surface area contributed by atoms with Crippen LogP contribution in [-0.4, -0.2) is 17.1 Å². The molecule has 1 aliphatic rings. The van der Waals surface area contributed by atoms with Crippen LogP contribution in [0.15, 0.2) is 24.3 Å². The fourth-order valence-electron chi connectivity index (χ4n) is 1.70. The first-order valence-corrected chi connectivity index (χ1v) is 5.29. The van der Waals surface area contributed by atoms with Crippen LogP contribution in [0.4, 0.5) is 4.39 Å². The molecule has 2 rings (SSSR count). The summed E-state index contributed by atoms with van der Waals surface area (Å²) in [6.07, 6.45) is 1.97. The maximum atomic E-state index is 13.1. The Hall–Kier alpha value is -1.42. The Bertz CT molecular complexity index is 417. The molecule has 0 saturated heterocycles. The minimum absolute atomic E-state index is 0.240. The minimum Gasteiger partial charge on any atom is -0.480 e. The van der Waals surface area contributed by atoms with Crippen molar-refractivity contribution in [2.75, 3.05) is 0 Å². The second-order valence-corrected chi connectivity index (χ2v) is 4.36. The van der Waals surface area contributed by atoms with Gasteiger partial charge in [0.15, 0.2) is 0 Å². The third kappa shape index (κ3) is 2.07. The molecule has 0 amide bonds.